The second-order valence-corrected chi connectivity index (χ2v) is 7.89. The van der Waals surface area contributed by atoms with Gasteiger partial charge in [0.15, 0.2) is 0 Å². The van der Waals surface area contributed by atoms with E-state index in [1.165, 1.54) is 18.2 Å². The monoisotopic (exact) mass is 459 g/mol. The van der Waals surface area contributed by atoms with Crippen molar-refractivity contribution in [2.24, 2.45) is 0 Å². The number of carbonyl (C=O) groups is 1. The normalized spacial score (nSPS) is 11.5. The smallest absolute Gasteiger partial charge is 0.248 e. The van der Waals surface area contributed by atoms with Crippen LogP contribution in [0.4, 0.5) is 10.1 Å². The molecule has 0 saturated carbocycles. The largest absolute Gasteiger partial charge is 0.496 e. The van der Waals surface area contributed by atoms with E-state index in [0.29, 0.717) is 23.6 Å². The summed E-state index contributed by atoms with van der Waals surface area (Å²) in [4.78, 5) is 12.7. The van der Waals surface area contributed by atoms with Gasteiger partial charge < -0.3 is 19.2 Å². The van der Waals surface area contributed by atoms with Gasteiger partial charge >= 0.3 is 0 Å². The number of halogens is 1. The lowest BCUT2D eigenvalue weighted by molar-refractivity contribution is -0.111. The summed E-state index contributed by atoms with van der Waals surface area (Å²) in [6, 6.07) is 15.4. The number of hydrogen-bond acceptors (Lipinski definition) is 4. The topological polar surface area (TPSA) is 60.7 Å². The third-order valence-corrected chi connectivity index (χ3v) is 5.61. The number of nitrogens with one attached hydrogen (secondary N) is 1. The zero-order valence-electron chi connectivity index (χ0n) is 19.6. The summed E-state index contributed by atoms with van der Waals surface area (Å²) in [6.07, 6.45) is 3.20. The van der Waals surface area contributed by atoms with E-state index < -0.39 is 0 Å². The van der Waals surface area contributed by atoms with Crippen molar-refractivity contribution in [2.75, 3.05) is 19.0 Å². The molecule has 0 radical (unpaired) electrons. The standard InChI is InChI=1S/C28H26FNO4/c1-5-33-22-12-10-21(11-13-22)30-26(31)14-17(2)23-15-24-25(19-6-8-20(29)9-7-19)16-34-28(24)18(3)27(23)32-4/h6-16H,5H2,1-4H3,(H,30,31)/b17-14+. The van der Waals surface area contributed by atoms with Crippen LogP contribution in [0.1, 0.15) is 25.0 Å². The second kappa shape index (κ2) is 9.83. The highest BCUT2D eigenvalue weighted by Gasteiger charge is 2.19. The molecule has 0 aliphatic heterocycles. The molecule has 1 N–H and O–H groups in total. The molecule has 174 valence electrons. The first-order valence-electron chi connectivity index (χ1n) is 11.0. The highest BCUT2D eigenvalue weighted by molar-refractivity contribution is 6.06. The lowest BCUT2D eigenvalue weighted by Gasteiger charge is -2.13. The Morgan fingerprint density at radius 2 is 1.82 bits per heavy atom. The van der Waals surface area contributed by atoms with Gasteiger partial charge in [0.1, 0.15) is 22.9 Å². The molecule has 1 heterocycles. The quantitative estimate of drug-likeness (QED) is 0.302. The SMILES string of the molecule is CCOc1ccc(NC(=O)/C=C(\C)c2cc3c(-c4ccc(F)cc4)coc3c(C)c2OC)cc1. The minimum absolute atomic E-state index is 0.257. The van der Waals surface area contributed by atoms with Crippen molar-refractivity contribution in [2.45, 2.75) is 20.8 Å². The first-order chi connectivity index (χ1) is 16.4. The molecule has 4 rings (SSSR count). The van der Waals surface area contributed by atoms with Crippen LogP contribution in [0.3, 0.4) is 0 Å². The van der Waals surface area contributed by atoms with E-state index in [1.807, 2.05) is 39.0 Å². The zero-order chi connectivity index (χ0) is 24.2. The van der Waals surface area contributed by atoms with Gasteiger partial charge in [-0.25, -0.2) is 4.39 Å². The molecular formula is C28H26FNO4. The molecule has 34 heavy (non-hydrogen) atoms. The lowest BCUT2D eigenvalue weighted by atomic mass is 9.96. The van der Waals surface area contributed by atoms with Gasteiger partial charge in [-0.2, -0.15) is 0 Å². The molecule has 1 amide bonds. The molecule has 0 bridgehead atoms. The molecule has 5 nitrogen and oxygen atoms in total. The van der Waals surface area contributed by atoms with Crippen LogP contribution in [0.25, 0.3) is 27.7 Å². The minimum atomic E-state index is -0.299. The van der Waals surface area contributed by atoms with Crippen molar-refractivity contribution >= 4 is 28.1 Å². The third kappa shape index (κ3) is 4.66. The van der Waals surface area contributed by atoms with Crippen LogP contribution in [0.5, 0.6) is 11.5 Å². The minimum Gasteiger partial charge on any atom is -0.496 e. The Bertz CT molecular complexity index is 1350. The summed E-state index contributed by atoms with van der Waals surface area (Å²) in [6.45, 7) is 6.27. The van der Waals surface area contributed by atoms with E-state index >= 15 is 0 Å². The van der Waals surface area contributed by atoms with Crippen LogP contribution < -0.4 is 14.8 Å². The fraction of sp³-hybridized carbons (Fsp3) is 0.179. The molecule has 4 aromatic rings. The molecule has 0 spiro atoms. The molecule has 6 heteroatoms. The van der Waals surface area contributed by atoms with Gasteiger partial charge in [-0.15, -0.1) is 0 Å². The van der Waals surface area contributed by atoms with Crippen molar-refractivity contribution in [1.29, 1.82) is 0 Å². The highest BCUT2D eigenvalue weighted by Crippen LogP contribution is 2.40. The molecule has 0 aliphatic carbocycles. The Labute approximate surface area is 197 Å². The van der Waals surface area contributed by atoms with E-state index in [9.17, 15) is 9.18 Å². The van der Waals surface area contributed by atoms with Crippen LogP contribution in [-0.4, -0.2) is 19.6 Å². The van der Waals surface area contributed by atoms with Crippen LogP contribution in [-0.2, 0) is 4.79 Å². The Morgan fingerprint density at radius 3 is 2.47 bits per heavy atom. The molecule has 0 aliphatic rings. The number of amides is 1. The molecule has 3 aromatic carbocycles. The number of benzene rings is 3. The van der Waals surface area contributed by atoms with E-state index in [1.54, 1.807) is 37.6 Å². The molecule has 0 fully saturated rings. The maximum Gasteiger partial charge on any atom is 0.248 e. The van der Waals surface area contributed by atoms with Crippen LogP contribution >= 0.6 is 0 Å². The number of hydrogen-bond donors (Lipinski definition) is 1. The number of fused-ring (bicyclic) bond motifs is 1. The summed E-state index contributed by atoms with van der Waals surface area (Å²) in [5, 5.41) is 3.73. The zero-order valence-corrected chi connectivity index (χ0v) is 19.6. The van der Waals surface area contributed by atoms with Gasteiger partial charge in [-0.1, -0.05) is 12.1 Å². The number of furan rings is 1. The summed E-state index contributed by atoms with van der Waals surface area (Å²) in [5.41, 5.74) is 5.37. The Hall–Kier alpha value is -4.06. The van der Waals surface area contributed by atoms with Crippen LogP contribution in [0.15, 0.2) is 71.4 Å². The average Bonchev–Trinajstić information content (AvgIpc) is 3.25. The first kappa shape index (κ1) is 23.1. The van der Waals surface area contributed by atoms with Gasteiger partial charge in [0.25, 0.3) is 0 Å². The number of aryl methyl sites for hydroxylation is 1. The van der Waals surface area contributed by atoms with Crippen molar-refractivity contribution in [3.63, 3.8) is 0 Å². The summed E-state index contributed by atoms with van der Waals surface area (Å²) < 4.78 is 30.4. The number of ether oxygens (including phenoxy) is 2. The second-order valence-electron chi connectivity index (χ2n) is 7.89. The molecule has 1 aromatic heterocycles. The lowest BCUT2D eigenvalue weighted by Crippen LogP contribution is -2.08. The fourth-order valence-electron chi connectivity index (χ4n) is 3.98. The van der Waals surface area contributed by atoms with Crippen LogP contribution in [0, 0.1) is 12.7 Å². The molecule has 0 unspecified atom stereocenters. The Balaban J connectivity index is 1.68. The predicted octanol–water partition coefficient (Wildman–Crippen LogP) is 7.00. The summed E-state index contributed by atoms with van der Waals surface area (Å²) >= 11 is 0. The third-order valence-electron chi connectivity index (χ3n) is 5.61. The van der Waals surface area contributed by atoms with Crippen LogP contribution in [0.2, 0.25) is 0 Å². The Morgan fingerprint density at radius 1 is 1.12 bits per heavy atom. The van der Waals surface area contributed by atoms with Gasteiger partial charge in [0, 0.05) is 33.8 Å². The van der Waals surface area contributed by atoms with Crippen molar-refractivity contribution in [1.82, 2.24) is 0 Å². The van der Waals surface area contributed by atoms with Gasteiger partial charge in [0.2, 0.25) is 5.91 Å². The van der Waals surface area contributed by atoms with E-state index in [2.05, 4.69) is 5.32 Å². The number of allylic oxidation sites excluding steroid dienone is 1. The summed E-state index contributed by atoms with van der Waals surface area (Å²) in [7, 11) is 1.59. The van der Waals surface area contributed by atoms with Crippen molar-refractivity contribution in [3.05, 3.63) is 83.9 Å². The maximum absolute atomic E-state index is 13.4. The van der Waals surface area contributed by atoms with Gasteiger partial charge in [-0.3, -0.25) is 4.79 Å². The van der Waals surface area contributed by atoms with E-state index in [-0.39, 0.29) is 11.7 Å². The molecule has 0 atom stereocenters. The number of anilines is 1. The Kier molecular flexibility index (Phi) is 6.68. The first-order valence-corrected chi connectivity index (χ1v) is 11.0. The van der Waals surface area contributed by atoms with Gasteiger partial charge in [-0.05, 0) is 74.4 Å². The molecular weight excluding hydrogens is 433 g/mol. The van der Waals surface area contributed by atoms with Gasteiger partial charge in [0.05, 0.1) is 20.0 Å². The predicted molar refractivity (Wildman–Crippen MR) is 133 cm³/mol. The average molecular weight is 460 g/mol. The summed E-state index contributed by atoms with van der Waals surface area (Å²) in [5.74, 6) is 0.827. The fourth-order valence-corrected chi connectivity index (χ4v) is 3.98. The highest BCUT2D eigenvalue weighted by atomic mass is 19.1. The molecule has 0 saturated heterocycles. The number of methoxy groups -OCH3 is 1. The maximum atomic E-state index is 13.4. The van der Waals surface area contributed by atoms with E-state index in [4.69, 9.17) is 13.9 Å². The number of rotatable bonds is 7. The van der Waals surface area contributed by atoms with E-state index in [0.717, 1.165) is 39.0 Å². The van der Waals surface area contributed by atoms with Crippen molar-refractivity contribution < 1.29 is 23.1 Å². The van der Waals surface area contributed by atoms with Crippen molar-refractivity contribution in [3.8, 4) is 22.6 Å². The number of carbonyl (C=O) groups excluding carboxylic acids is 1.